The third kappa shape index (κ3) is 3.71. The third-order valence-electron chi connectivity index (χ3n) is 5.49. The summed E-state index contributed by atoms with van der Waals surface area (Å²) in [5, 5.41) is 0. The summed E-state index contributed by atoms with van der Waals surface area (Å²) in [4.78, 5) is 11.9. The maximum Gasteiger partial charge on any atom is 0.243 e. The summed E-state index contributed by atoms with van der Waals surface area (Å²) in [5.74, 6) is 0.792. The lowest BCUT2D eigenvalue weighted by atomic mass is 10.1. The quantitative estimate of drug-likeness (QED) is 0.808. The van der Waals surface area contributed by atoms with Gasteiger partial charge >= 0.3 is 0 Å². The van der Waals surface area contributed by atoms with Crippen molar-refractivity contribution >= 4 is 16.0 Å². The zero-order chi connectivity index (χ0) is 18.9. The normalized spacial score (nSPS) is 18.3. The molecule has 144 valence electrons. The van der Waals surface area contributed by atoms with Gasteiger partial charge in [-0.2, -0.15) is 4.31 Å². The van der Waals surface area contributed by atoms with Gasteiger partial charge in [0.25, 0.3) is 0 Å². The van der Waals surface area contributed by atoms with E-state index in [1.165, 1.54) is 19.3 Å². The van der Waals surface area contributed by atoms with Crippen LogP contribution in [0.25, 0.3) is 0 Å². The zero-order valence-electron chi connectivity index (χ0n) is 15.8. The van der Waals surface area contributed by atoms with Gasteiger partial charge in [-0.25, -0.2) is 18.4 Å². The Kier molecular flexibility index (Phi) is 5.14. The highest BCUT2D eigenvalue weighted by atomic mass is 32.2. The Morgan fingerprint density at radius 1 is 1.04 bits per heavy atom. The van der Waals surface area contributed by atoms with Crippen LogP contribution in [0.1, 0.15) is 43.0 Å². The van der Waals surface area contributed by atoms with Crippen molar-refractivity contribution in [3.8, 4) is 0 Å². The van der Waals surface area contributed by atoms with Crippen molar-refractivity contribution in [3.63, 3.8) is 0 Å². The molecule has 0 atom stereocenters. The first-order valence-electron chi connectivity index (χ1n) is 9.77. The van der Waals surface area contributed by atoms with Gasteiger partial charge in [0.15, 0.2) is 0 Å². The van der Waals surface area contributed by atoms with Crippen molar-refractivity contribution < 1.29 is 8.42 Å². The van der Waals surface area contributed by atoms with Crippen molar-refractivity contribution in [1.29, 1.82) is 0 Å². The molecule has 1 aromatic heterocycles. The Labute approximate surface area is 161 Å². The van der Waals surface area contributed by atoms with Gasteiger partial charge in [0, 0.05) is 44.4 Å². The number of aryl methyl sites for hydroxylation is 1. The lowest BCUT2D eigenvalue weighted by Crippen LogP contribution is -2.37. The van der Waals surface area contributed by atoms with E-state index >= 15 is 0 Å². The summed E-state index contributed by atoms with van der Waals surface area (Å²) in [6.45, 7) is 4.87. The molecule has 1 fully saturated rings. The number of anilines is 1. The van der Waals surface area contributed by atoms with E-state index in [1.54, 1.807) is 16.4 Å². The van der Waals surface area contributed by atoms with Gasteiger partial charge in [0.05, 0.1) is 10.6 Å². The number of fused-ring (bicyclic) bond motifs is 1. The van der Waals surface area contributed by atoms with Gasteiger partial charge in [-0.15, -0.1) is 0 Å². The molecule has 0 aliphatic carbocycles. The van der Waals surface area contributed by atoms with E-state index in [1.807, 2.05) is 18.3 Å². The summed E-state index contributed by atoms with van der Waals surface area (Å²) in [7, 11) is -3.49. The van der Waals surface area contributed by atoms with Crippen LogP contribution in [0.2, 0.25) is 0 Å². The van der Waals surface area contributed by atoms with Crippen molar-refractivity contribution in [2.45, 2.75) is 50.5 Å². The number of piperidine rings is 1. The Bertz CT molecular complexity index is 906. The van der Waals surface area contributed by atoms with Crippen molar-refractivity contribution in [2.24, 2.45) is 0 Å². The van der Waals surface area contributed by atoms with Crippen LogP contribution in [-0.2, 0) is 29.4 Å². The Balaban J connectivity index is 1.53. The highest BCUT2D eigenvalue weighted by Crippen LogP contribution is 2.26. The van der Waals surface area contributed by atoms with E-state index in [0.717, 1.165) is 42.3 Å². The van der Waals surface area contributed by atoms with Crippen LogP contribution in [0.3, 0.4) is 0 Å². The first kappa shape index (κ1) is 18.4. The van der Waals surface area contributed by atoms with Crippen LogP contribution in [0.4, 0.5) is 5.95 Å². The van der Waals surface area contributed by atoms with Crippen LogP contribution in [0, 0.1) is 0 Å². The molecule has 0 bridgehead atoms. The average Bonchev–Trinajstić information content (AvgIpc) is 2.73. The number of hydrogen-bond donors (Lipinski definition) is 0. The second-order valence-electron chi connectivity index (χ2n) is 7.28. The molecule has 3 heterocycles. The predicted octanol–water partition coefficient (Wildman–Crippen LogP) is 2.78. The molecule has 0 amide bonds. The molecule has 4 rings (SSSR count). The van der Waals surface area contributed by atoms with Gasteiger partial charge in [0.2, 0.25) is 16.0 Å². The van der Waals surface area contributed by atoms with E-state index in [0.29, 0.717) is 24.4 Å². The second-order valence-corrected chi connectivity index (χ2v) is 9.21. The Hall–Kier alpha value is -1.99. The molecule has 0 unspecified atom stereocenters. The molecule has 1 aromatic carbocycles. The fourth-order valence-corrected chi connectivity index (χ4v) is 5.20. The molecule has 1 saturated heterocycles. The third-order valence-corrected chi connectivity index (χ3v) is 7.35. The monoisotopic (exact) mass is 386 g/mol. The van der Waals surface area contributed by atoms with Crippen LogP contribution in [0.5, 0.6) is 0 Å². The number of nitrogens with zero attached hydrogens (tertiary/aromatic N) is 4. The van der Waals surface area contributed by atoms with Crippen LogP contribution >= 0.6 is 0 Å². The molecular weight excluding hydrogens is 360 g/mol. The molecule has 2 aromatic rings. The summed E-state index contributed by atoms with van der Waals surface area (Å²) >= 11 is 0. The van der Waals surface area contributed by atoms with Gasteiger partial charge in [-0.3, -0.25) is 0 Å². The first-order chi connectivity index (χ1) is 13.1. The fraction of sp³-hybridized carbons (Fsp3) is 0.500. The van der Waals surface area contributed by atoms with Crippen molar-refractivity contribution in [2.75, 3.05) is 24.5 Å². The van der Waals surface area contributed by atoms with Crippen molar-refractivity contribution in [1.82, 2.24) is 14.3 Å². The minimum Gasteiger partial charge on any atom is -0.341 e. The van der Waals surface area contributed by atoms with Gasteiger partial charge < -0.3 is 4.90 Å². The summed E-state index contributed by atoms with van der Waals surface area (Å²) in [6.07, 6.45) is 6.98. The number of sulfonamides is 1. The van der Waals surface area contributed by atoms with Crippen molar-refractivity contribution in [3.05, 3.63) is 47.3 Å². The topological polar surface area (TPSA) is 66.4 Å². The lowest BCUT2D eigenvalue weighted by molar-refractivity contribution is 0.386. The molecule has 2 aliphatic heterocycles. The van der Waals surface area contributed by atoms with E-state index in [2.05, 4.69) is 16.8 Å². The highest BCUT2D eigenvalue weighted by molar-refractivity contribution is 7.89. The molecule has 0 saturated carbocycles. The van der Waals surface area contributed by atoms with E-state index in [-0.39, 0.29) is 0 Å². The van der Waals surface area contributed by atoms with E-state index in [9.17, 15) is 8.42 Å². The predicted molar refractivity (Wildman–Crippen MR) is 105 cm³/mol. The fourth-order valence-electron chi connectivity index (χ4n) is 3.78. The Morgan fingerprint density at radius 3 is 2.48 bits per heavy atom. The Morgan fingerprint density at radius 2 is 1.78 bits per heavy atom. The maximum atomic E-state index is 13.0. The summed E-state index contributed by atoms with van der Waals surface area (Å²) < 4.78 is 27.5. The highest BCUT2D eigenvalue weighted by Gasteiger charge is 2.29. The minimum absolute atomic E-state index is 0.341. The number of aromatic nitrogens is 2. The molecule has 6 nitrogen and oxygen atoms in total. The number of benzene rings is 1. The molecule has 2 aliphatic rings. The second kappa shape index (κ2) is 7.56. The molecule has 7 heteroatoms. The lowest BCUT2D eigenvalue weighted by Gasteiger charge is -2.30. The first-order valence-corrected chi connectivity index (χ1v) is 11.2. The largest absolute Gasteiger partial charge is 0.341 e. The van der Waals surface area contributed by atoms with Gasteiger partial charge in [-0.1, -0.05) is 19.1 Å². The summed E-state index contributed by atoms with van der Waals surface area (Å²) in [5.41, 5.74) is 3.03. The molecule has 0 N–H and O–H groups in total. The maximum absolute atomic E-state index is 13.0. The standard InChI is InChI=1S/C20H26N4O2S/c1-2-16-6-8-18(9-7-16)27(25,26)24-13-10-19-17(15-24)14-21-20(22-19)23-11-4-3-5-12-23/h6-9,14H,2-5,10-13,15H2,1H3. The summed E-state index contributed by atoms with van der Waals surface area (Å²) in [6, 6.07) is 7.19. The zero-order valence-corrected chi connectivity index (χ0v) is 16.6. The molecule has 0 radical (unpaired) electrons. The molecule has 27 heavy (non-hydrogen) atoms. The van der Waals surface area contributed by atoms with E-state index in [4.69, 9.17) is 4.98 Å². The average molecular weight is 387 g/mol. The van der Waals surface area contributed by atoms with Gasteiger partial charge in [-0.05, 0) is 43.4 Å². The number of hydrogen-bond acceptors (Lipinski definition) is 5. The smallest absolute Gasteiger partial charge is 0.243 e. The SMILES string of the molecule is CCc1ccc(S(=O)(=O)N2CCc3nc(N4CCCCC4)ncc3C2)cc1. The number of rotatable bonds is 4. The molecular formula is C20H26N4O2S. The van der Waals surface area contributed by atoms with E-state index < -0.39 is 10.0 Å². The van der Waals surface area contributed by atoms with Crippen LogP contribution < -0.4 is 4.90 Å². The van der Waals surface area contributed by atoms with Crippen LogP contribution in [0.15, 0.2) is 35.4 Å². The minimum atomic E-state index is -3.49. The van der Waals surface area contributed by atoms with Gasteiger partial charge in [0.1, 0.15) is 0 Å². The van der Waals surface area contributed by atoms with Crippen LogP contribution in [-0.4, -0.2) is 42.3 Å². The molecule has 0 spiro atoms.